The van der Waals surface area contributed by atoms with Crippen LogP contribution in [0.3, 0.4) is 0 Å². The topological polar surface area (TPSA) is 111 Å². The molecule has 0 aliphatic rings. The van der Waals surface area contributed by atoms with E-state index in [0.717, 1.165) is 5.56 Å². The maximum atomic E-state index is 14.3. The first-order valence-corrected chi connectivity index (χ1v) is 14.0. The Kier molecular flexibility index (Phi) is 10.4. The number of hydrogen-bond donors (Lipinski definition) is 3. The lowest BCUT2D eigenvalue weighted by Crippen LogP contribution is -2.54. The Bertz CT molecular complexity index is 1490. The lowest BCUT2D eigenvalue weighted by molar-refractivity contribution is -0.123. The van der Waals surface area contributed by atoms with Crippen molar-refractivity contribution in [3.05, 3.63) is 115 Å². The van der Waals surface area contributed by atoms with Crippen LogP contribution in [0.1, 0.15) is 19.4 Å². The van der Waals surface area contributed by atoms with Crippen molar-refractivity contribution in [2.24, 2.45) is 0 Å². The molecule has 3 N–H and O–H groups in total. The second kappa shape index (κ2) is 14.5. The number of para-hydroxylation sites is 2. The minimum atomic E-state index is -1.03. The Balaban J connectivity index is 1.65. The first kappa shape index (κ1) is 30.6. The Morgan fingerprint density at radius 1 is 0.791 bits per heavy atom. The van der Waals surface area contributed by atoms with Gasteiger partial charge in [0.2, 0.25) is 11.8 Å². The predicted molar refractivity (Wildman–Crippen MR) is 169 cm³/mol. The van der Waals surface area contributed by atoms with Gasteiger partial charge in [0, 0.05) is 29.5 Å². The molecule has 0 saturated heterocycles. The normalized spacial score (nSPS) is 11.3. The number of aromatic hydroxyl groups is 1. The molecule has 43 heavy (non-hydrogen) atoms. The Labute approximate surface area is 251 Å². The highest BCUT2D eigenvalue weighted by atomic mass is 16.5. The monoisotopic (exact) mass is 580 g/mol. The molecule has 4 aromatic rings. The van der Waals surface area contributed by atoms with Crippen LogP contribution in [0.25, 0.3) is 0 Å². The van der Waals surface area contributed by atoms with Crippen LogP contribution in [0.15, 0.2) is 109 Å². The lowest BCUT2D eigenvalue weighted by atomic mass is 10.0. The van der Waals surface area contributed by atoms with Crippen LogP contribution in [-0.2, 0) is 16.0 Å². The largest absolute Gasteiger partial charge is 0.508 e. The number of nitrogens with one attached hydrogen (secondary N) is 2. The number of carbonyl (C=O) groups is 3. The Morgan fingerprint density at radius 3 is 1.98 bits per heavy atom. The summed E-state index contributed by atoms with van der Waals surface area (Å²) < 4.78 is 5.26. The van der Waals surface area contributed by atoms with E-state index in [2.05, 4.69) is 10.6 Å². The summed E-state index contributed by atoms with van der Waals surface area (Å²) >= 11 is 0. The van der Waals surface area contributed by atoms with E-state index in [4.69, 9.17) is 4.74 Å². The summed E-state index contributed by atoms with van der Waals surface area (Å²) in [5.41, 5.74) is 2.47. The molecular formula is C34H36N4O5. The molecule has 0 spiro atoms. The number of hydrogen-bond acceptors (Lipinski definition) is 5. The predicted octanol–water partition coefficient (Wildman–Crippen LogP) is 5.61. The molecule has 0 aromatic heterocycles. The van der Waals surface area contributed by atoms with Crippen molar-refractivity contribution in [2.45, 2.75) is 32.4 Å². The molecule has 4 rings (SSSR count). The second-order valence-electron chi connectivity index (χ2n) is 10.2. The van der Waals surface area contributed by atoms with E-state index in [0.29, 0.717) is 22.8 Å². The van der Waals surface area contributed by atoms with Crippen LogP contribution in [0.4, 0.5) is 21.9 Å². The van der Waals surface area contributed by atoms with Gasteiger partial charge in [0.15, 0.2) is 0 Å². The first-order chi connectivity index (χ1) is 20.7. The fourth-order valence-corrected chi connectivity index (χ4v) is 4.69. The SMILES string of the molecule is COc1ccc(N(C(=O)CN(C(=O)[C@@H](Cc2ccc(O)cc2)NC(=O)Nc2ccccc2)c2ccccc2)C(C)C)cc1. The summed E-state index contributed by atoms with van der Waals surface area (Å²) in [4.78, 5) is 44.3. The average molecular weight is 581 g/mol. The Hall–Kier alpha value is -5.31. The zero-order valence-electron chi connectivity index (χ0n) is 24.4. The van der Waals surface area contributed by atoms with Crippen LogP contribution in [0.5, 0.6) is 11.5 Å². The van der Waals surface area contributed by atoms with E-state index < -0.39 is 18.0 Å². The zero-order valence-corrected chi connectivity index (χ0v) is 24.4. The van der Waals surface area contributed by atoms with Crippen molar-refractivity contribution in [2.75, 3.05) is 28.8 Å². The molecule has 0 radical (unpaired) electrons. The summed E-state index contributed by atoms with van der Waals surface area (Å²) in [5.74, 6) is -0.00749. The fraction of sp³-hybridized carbons (Fsp3) is 0.206. The van der Waals surface area contributed by atoms with Gasteiger partial charge in [0.05, 0.1) is 7.11 Å². The first-order valence-electron chi connectivity index (χ1n) is 14.0. The van der Waals surface area contributed by atoms with Crippen LogP contribution in [0, 0.1) is 0 Å². The highest BCUT2D eigenvalue weighted by Gasteiger charge is 2.31. The van der Waals surface area contributed by atoms with E-state index >= 15 is 0 Å². The standard InChI is InChI=1S/C34H36N4O5/c1-24(2)38(28-16-20-30(43-3)21-17-28)32(40)23-37(27-12-8-5-9-13-27)33(41)31(22-25-14-18-29(39)19-15-25)36-34(42)35-26-10-6-4-7-11-26/h4-21,24,31,39H,22-23H2,1-3H3,(H2,35,36,42)/t31-/m1/s1. The smallest absolute Gasteiger partial charge is 0.319 e. The van der Waals surface area contributed by atoms with E-state index in [1.165, 1.54) is 17.0 Å². The summed E-state index contributed by atoms with van der Waals surface area (Å²) in [6, 6.07) is 29.6. The van der Waals surface area contributed by atoms with Gasteiger partial charge in [0.1, 0.15) is 24.1 Å². The number of benzene rings is 4. The zero-order chi connectivity index (χ0) is 30.8. The lowest BCUT2D eigenvalue weighted by Gasteiger charge is -2.32. The second-order valence-corrected chi connectivity index (χ2v) is 10.2. The third-order valence-electron chi connectivity index (χ3n) is 6.77. The van der Waals surface area contributed by atoms with Gasteiger partial charge in [-0.2, -0.15) is 0 Å². The van der Waals surface area contributed by atoms with Gasteiger partial charge >= 0.3 is 6.03 Å². The molecule has 0 heterocycles. The number of urea groups is 1. The van der Waals surface area contributed by atoms with Gasteiger partial charge in [-0.3, -0.25) is 9.59 Å². The number of ether oxygens (including phenoxy) is 1. The molecule has 0 unspecified atom stereocenters. The van der Waals surface area contributed by atoms with Gasteiger partial charge in [0.25, 0.3) is 0 Å². The number of methoxy groups -OCH3 is 1. The van der Waals surface area contributed by atoms with Crippen molar-refractivity contribution in [3.8, 4) is 11.5 Å². The number of carbonyl (C=O) groups excluding carboxylic acids is 3. The van der Waals surface area contributed by atoms with Crippen molar-refractivity contribution in [1.29, 1.82) is 0 Å². The molecule has 0 aliphatic heterocycles. The van der Waals surface area contributed by atoms with E-state index in [9.17, 15) is 19.5 Å². The van der Waals surface area contributed by atoms with Crippen LogP contribution >= 0.6 is 0 Å². The van der Waals surface area contributed by atoms with Crippen molar-refractivity contribution in [3.63, 3.8) is 0 Å². The molecule has 0 saturated carbocycles. The number of phenolic OH excluding ortho intramolecular Hbond substituents is 1. The van der Waals surface area contributed by atoms with Crippen molar-refractivity contribution < 1.29 is 24.2 Å². The highest BCUT2D eigenvalue weighted by molar-refractivity contribution is 6.07. The van der Waals surface area contributed by atoms with Gasteiger partial charge in [-0.1, -0.05) is 48.5 Å². The molecule has 1 atom stereocenters. The Morgan fingerprint density at radius 2 is 1.40 bits per heavy atom. The number of nitrogens with zero attached hydrogens (tertiary/aromatic N) is 2. The van der Waals surface area contributed by atoms with Crippen molar-refractivity contribution >= 4 is 34.9 Å². The number of phenols is 1. The van der Waals surface area contributed by atoms with Gasteiger partial charge in [-0.25, -0.2) is 4.79 Å². The maximum absolute atomic E-state index is 14.3. The fourth-order valence-electron chi connectivity index (χ4n) is 4.69. The number of amides is 4. The summed E-state index contributed by atoms with van der Waals surface area (Å²) in [5, 5.41) is 15.3. The minimum absolute atomic E-state index is 0.0882. The summed E-state index contributed by atoms with van der Waals surface area (Å²) in [6.45, 7) is 3.54. The molecule has 0 aliphatic carbocycles. The highest BCUT2D eigenvalue weighted by Crippen LogP contribution is 2.23. The molecule has 222 valence electrons. The molecule has 4 amide bonds. The number of rotatable bonds is 11. The third-order valence-corrected chi connectivity index (χ3v) is 6.77. The molecule has 0 fully saturated rings. The van der Waals surface area contributed by atoms with Gasteiger partial charge < -0.3 is 30.3 Å². The molecule has 9 nitrogen and oxygen atoms in total. The van der Waals surface area contributed by atoms with E-state index in [1.807, 2.05) is 26.0 Å². The molecular weight excluding hydrogens is 544 g/mol. The number of anilines is 3. The van der Waals surface area contributed by atoms with Crippen LogP contribution in [0.2, 0.25) is 0 Å². The quantitative estimate of drug-likeness (QED) is 0.214. The molecule has 4 aromatic carbocycles. The minimum Gasteiger partial charge on any atom is -0.508 e. The van der Waals surface area contributed by atoms with E-state index in [1.54, 1.807) is 96.9 Å². The van der Waals surface area contributed by atoms with Crippen molar-refractivity contribution in [1.82, 2.24) is 5.32 Å². The maximum Gasteiger partial charge on any atom is 0.319 e. The molecule has 9 heteroatoms. The van der Waals surface area contributed by atoms with Crippen LogP contribution in [-0.4, -0.2) is 48.7 Å². The third kappa shape index (κ3) is 8.36. The van der Waals surface area contributed by atoms with Crippen LogP contribution < -0.4 is 25.2 Å². The molecule has 0 bridgehead atoms. The summed E-state index contributed by atoms with van der Waals surface area (Å²) in [6.07, 6.45) is 0.130. The average Bonchev–Trinajstić information content (AvgIpc) is 3.01. The van der Waals surface area contributed by atoms with E-state index in [-0.39, 0.29) is 30.7 Å². The van der Waals surface area contributed by atoms with Gasteiger partial charge in [-0.15, -0.1) is 0 Å². The summed E-state index contributed by atoms with van der Waals surface area (Å²) in [7, 11) is 1.58. The van der Waals surface area contributed by atoms with Gasteiger partial charge in [-0.05, 0) is 80.1 Å².